The summed E-state index contributed by atoms with van der Waals surface area (Å²) in [5.41, 5.74) is 2.13. The average Bonchev–Trinajstić information content (AvgIpc) is 3.02. The van der Waals surface area contributed by atoms with Gasteiger partial charge in [-0.25, -0.2) is 0 Å². The molecule has 2 aliphatic heterocycles. The Hall–Kier alpha value is -3.39. The Morgan fingerprint density at radius 1 is 0.605 bits per heavy atom. The number of ether oxygens (including phenoxy) is 2. The summed E-state index contributed by atoms with van der Waals surface area (Å²) in [7, 11) is 0. The van der Waals surface area contributed by atoms with Crippen molar-refractivity contribution in [2.75, 3.05) is 52.5 Å². The first-order chi connectivity index (χ1) is 20.6. The number of nitrogens with zero attached hydrogens (tertiary/aromatic N) is 4. The van der Waals surface area contributed by atoms with E-state index in [-0.39, 0.29) is 28.0 Å². The molecule has 0 saturated carbocycles. The van der Waals surface area contributed by atoms with Gasteiger partial charge in [-0.1, -0.05) is 48.6 Å². The SMILES string of the molecule is [Ni+2].[O-]c1cc(OCCN2CCCCC2)ccc1C=Nc1ccccc1N=Cc1ccc(OCCN2CCCCC2)cc1[O-]. The van der Waals surface area contributed by atoms with Gasteiger partial charge >= 0.3 is 16.5 Å². The number of aliphatic imine (C=N–C) groups is 2. The van der Waals surface area contributed by atoms with Crippen molar-refractivity contribution in [1.82, 2.24) is 9.80 Å². The number of para-hydroxylation sites is 2. The molecule has 0 spiro atoms. The predicted molar refractivity (Wildman–Crippen MR) is 164 cm³/mol. The second kappa shape index (κ2) is 17.0. The van der Waals surface area contributed by atoms with Gasteiger partial charge < -0.3 is 19.7 Å². The van der Waals surface area contributed by atoms with Crippen molar-refractivity contribution < 1.29 is 36.2 Å². The van der Waals surface area contributed by atoms with Gasteiger partial charge in [-0.15, -0.1) is 0 Å². The van der Waals surface area contributed by atoms with Crippen LogP contribution in [0.1, 0.15) is 49.7 Å². The van der Waals surface area contributed by atoms with Crippen molar-refractivity contribution in [2.45, 2.75) is 38.5 Å². The van der Waals surface area contributed by atoms with Crippen LogP contribution in [0.25, 0.3) is 0 Å². The smallest absolute Gasteiger partial charge is 0.872 e. The van der Waals surface area contributed by atoms with E-state index in [9.17, 15) is 10.2 Å². The van der Waals surface area contributed by atoms with Crippen LogP contribution in [0.2, 0.25) is 0 Å². The molecule has 0 amide bonds. The first-order valence-corrected chi connectivity index (χ1v) is 15.1. The summed E-state index contributed by atoms with van der Waals surface area (Å²) in [6, 6.07) is 17.5. The topological polar surface area (TPSA) is 95.8 Å². The van der Waals surface area contributed by atoms with Crippen LogP contribution in [0.5, 0.6) is 23.0 Å². The zero-order valence-electron chi connectivity index (χ0n) is 24.6. The van der Waals surface area contributed by atoms with Gasteiger partial charge in [0.1, 0.15) is 24.7 Å². The largest absolute Gasteiger partial charge is 2.00 e. The summed E-state index contributed by atoms with van der Waals surface area (Å²) in [6.45, 7) is 7.37. The molecule has 0 N–H and O–H groups in total. The van der Waals surface area contributed by atoms with Gasteiger partial charge in [0.2, 0.25) is 0 Å². The van der Waals surface area contributed by atoms with Crippen molar-refractivity contribution in [1.29, 1.82) is 0 Å². The number of likely N-dealkylation sites (tertiary alicyclic amines) is 2. The molecule has 0 radical (unpaired) electrons. The molecule has 43 heavy (non-hydrogen) atoms. The summed E-state index contributed by atoms with van der Waals surface area (Å²) in [4.78, 5) is 13.9. The first kappa shape index (κ1) is 32.5. The molecule has 0 bridgehead atoms. The third-order valence-corrected chi connectivity index (χ3v) is 7.79. The maximum Gasteiger partial charge on any atom is 2.00 e. The summed E-state index contributed by atoms with van der Waals surface area (Å²) in [5.74, 6) is 0.853. The molecule has 5 rings (SSSR count). The molecule has 230 valence electrons. The molecular formula is C34H40N4NiO4. The Labute approximate surface area is 265 Å². The molecule has 8 nitrogen and oxygen atoms in total. The van der Waals surface area contributed by atoms with Gasteiger partial charge in [-0.05, 0) is 99.4 Å². The van der Waals surface area contributed by atoms with Crippen molar-refractivity contribution in [3.05, 3.63) is 71.8 Å². The predicted octanol–water partition coefficient (Wildman–Crippen LogP) is 5.06. The van der Waals surface area contributed by atoms with E-state index in [0.717, 1.165) is 39.3 Å². The average molecular weight is 627 g/mol. The zero-order chi connectivity index (χ0) is 29.0. The van der Waals surface area contributed by atoms with Crippen LogP contribution in [0.3, 0.4) is 0 Å². The summed E-state index contributed by atoms with van der Waals surface area (Å²) in [5, 5.41) is 25.3. The molecule has 2 fully saturated rings. The fourth-order valence-electron chi connectivity index (χ4n) is 5.33. The second-order valence-corrected chi connectivity index (χ2v) is 10.9. The van der Waals surface area contributed by atoms with Gasteiger partial charge in [0, 0.05) is 25.5 Å². The molecule has 3 aromatic rings. The number of hydrogen-bond donors (Lipinski definition) is 0. The third-order valence-electron chi connectivity index (χ3n) is 7.79. The van der Waals surface area contributed by atoms with Gasteiger partial charge in [-0.2, -0.15) is 0 Å². The molecule has 2 heterocycles. The van der Waals surface area contributed by atoms with Crippen LogP contribution < -0.4 is 19.7 Å². The summed E-state index contributed by atoms with van der Waals surface area (Å²) < 4.78 is 11.6. The van der Waals surface area contributed by atoms with Gasteiger partial charge in [0.15, 0.2) is 0 Å². The van der Waals surface area contributed by atoms with Gasteiger partial charge in [0.25, 0.3) is 0 Å². The maximum absolute atomic E-state index is 12.7. The van der Waals surface area contributed by atoms with Crippen molar-refractivity contribution in [3.63, 3.8) is 0 Å². The van der Waals surface area contributed by atoms with E-state index in [1.165, 1.54) is 50.7 Å². The van der Waals surface area contributed by atoms with Crippen molar-refractivity contribution in [3.8, 4) is 23.0 Å². The van der Waals surface area contributed by atoms with E-state index in [1.807, 2.05) is 24.3 Å². The molecule has 2 saturated heterocycles. The van der Waals surface area contributed by atoms with Crippen LogP contribution in [0.15, 0.2) is 70.6 Å². The molecule has 0 unspecified atom stereocenters. The molecule has 3 aromatic carbocycles. The van der Waals surface area contributed by atoms with Gasteiger partial charge in [0.05, 0.1) is 11.4 Å². The monoisotopic (exact) mass is 626 g/mol. The fourth-order valence-corrected chi connectivity index (χ4v) is 5.33. The number of piperidine rings is 2. The van der Waals surface area contributed by atoms with Crippen LogP contribution in [-0.4, -0.2) is 74.7 Å². The van der Waals surface area contributed by atoms with E-state index < -0.39 is 0 Å². The zero-order valence-corrected chi connectivity index (χ0v) is 25.6. The van der Waals surface area contributed by atoms with E-state index in [1.54, 1.807) is 36.7 Å². The third kappa shape index (κ3) is 10.1. The number of hydrogen-bond acceptors (Lipinski definition) is 8. The van der Waals surface area contributed by atoms with Crippen LogP contribution in [0.4, 0.5) is 11.4 Å². The maximum atomic E-state index is 12.7. The number of rotatable bonds is 12. The Balaban J connectivity index is 0.00000423. The Morgan fingerprint density at radius 2 is 1.02 bits per heavy atom. The molecule has 0 aromatic heterocycles. The first-order valence-electron chi connectivity index (χ1n) is 15.1. The molecule has 0 aliphatic carbocycles. The van der Waals surface area contributed by atoms with Crippen LogP contribution in [0, 0.1) is 0 Å². The van der Waals surface area contributed by atoms with E-state index in [2.05, 4.69) is 19.8 Å². The quantitative estimate of drug-likeness (QED) is 0.206. The van der Waals surface area contributed by atoms with Crippen LogP contribution >= 0.6 is 0 Å². The molecule has 2 aliphatic rings. The molecule has 9 heteroatoms. The standard InChI is InChI=1S/C34H42N4O4.Ni/c39-33-23-29(41-21-19-37-15-5-1-6-16-37)13-11-27(33)25-35-31-9-3-4-10-32(31)36-26-28-12-14-30(24-34(28)40)42-22-20-38-17-7-2-8-18-38;/h3-4,9-14,23-26,39-40H,1-2,5-8,15-22H2;/q;+2/p-2. The second-order valence-electron chi connectivity index (χ2n) is 10.9. The summed E-state index contributed by atoms with van der Waals surface area (Å²) in [6.07, 6.45) is 10.7. The Kier molecular flexibility index (Phi) is 12.9. The summed E-state index contributed by atoms with van der Waals surface area (Å²) >= 11 is 0. The number of benzene rings is 3. The van der Waals surface area contributed by atoms with Gasteiger partial charge in [-0.3, -0.25) is 19.8 Å². The minimum absolute atomic E-state index is 0. The van der Waals surface area contributed by atoms with Crippen LogP contribution in [-0.2, 0) is 16.5 Å². The molecular weight excluding hydrogens is 587 g/mol. The minimum Gasteiger partial charge on any atom is -0.872 e. The van der Waals surface area contributed by atoms with Crippen molar-refractivity contribution in [2.24, 2.45) is 9.98 Å². The molecule has 0 atom stereocenters. The van der Waals surface area contributed by atoms with E-state index in [0.29, 0.717) is 47.2 Å². The van der Waals surface area contributed by atoms with Crippen molar-refractivity contribution >= 4 is 23.8 Å². The van der Waals surface area contributed by atoms with E-state index in [4.69, 9.17) is 9.47 Å². The van der Waals surface area contributed by atoms with E-state index >= 15 is 0 Å². The minimum atomic E-state index is -0.149. The normalized spacial score (nSPS) is 16.4. The fraction of sp³-hybridized carbons (Fsp3) is 0.412. The Morgan fingerprint density at radius 3 is 1.42 bits per heavy atom. The Bertz CT molecular complexity index is 1250.